The topological polar surface area (TPSA) is 89.3 Å². The number of rotatable bonds is 8. The van der Waals surface area contributed by atoms with E-state index in [2.05, 4.69) is 22.1 Å². The highest BCUT2D eigenvalue weighted by Gasteiger charge is 2.31. The van der Waals surface area contributed by atoms with Gasteiger partial charge in [0.1, 0.15) is 12.4 Å². The molecule has 1 saturated heterocycles. The summed E-state index contributed by atoms with van der Waals surface area (Å²) in [5, 5.41) is 11.2. The maximum atomic E-state index is 12.5. The number of nitrogens with zero attached hydrogens (tertiary/aromatic N) is 4. The third kappa shape index (κ3) is 4.53. The molecule has 8 nitrogen and oxygen atoms in total. The molecule has 2 aromatic rings. The number of hydrogen-bond acceptors (Lipinski definition) is 6. The lowest BCUT2D eigenvalue weighted by Gasteiger charge is -2.17. The minimum Gasteiger partial charge on any atom is -0.486 e. The molecule has 0 saturated carbocycles. The van der Waals surface area contributed by atoms with Gasteiger partial charge in [0.2, 0.25) is 5.91 Å². The van der Waals surface area contributed by atoms with Gasteiger partial charge < -0.3 is 10.1 Å². The van der Waals surface area contributed by atoms with Gasteiger partial charge in [0.05, 0.1) is 5.25 Å². The normalized spacial score (nSPS) is 14.6. The van der Waals surface area contributed by atoms with Crippen LogP contribution in [-0.2, 0) is 17.9 Å². The van der Waals surface area contributed by atoms with Crippen LogP contribution in [0.15, 0.2) is 42.1 Å². The summed E-state index contributed by atoms with van der Waals surface area (Å²) in [5.41, 5.74) is 1.11. The Labute approximate surface area is 168 Å². The van der Waals surface area contributed by atoms with E-state index in [4.69, 9.17) is 4.74 Å². The van der Waals surface area contributed by atoms with Crippen molar-refractivity contribution < 1.29 is 14.3 Å². The second kappa shape index (κ2) is 8.92. The molecule has 0 radical (unpaired) electrons. The van der Waals surface area contributed by atoms with E-state index in [1.54, 1.807) is 13.0 Å². The van der Waals surface area contributed by atoms with Crippen LogP contribution in [0.3, 0.4) is 0 Å². The van der Waals surface area contributed by atoms with Gasteiger partial charge in [0.25, 0.3) is 0 Å². The number of urea groups is 1. The van der Waals surface area contributed by atoms with Crippen LogP contribution in [-0.4, -0.2) is 49.9 Å². The standard InChI is InChI=1S/C19H23N5O3S/c1-4-9-23-16(12-27-15-7-5-6-13(2)11-15)21-22-19(23)28-14(3)17(25)24-10-8-20-18(24)26/h4-7,11,14H,1,8-10,12H2,2-3H3,(H,20,26). The van der Waals surface area contributed by atoms with Crippen molar-refractivity contribution in [2.24, 2.45) is 0 Å². The Kier molecular flexibility index (Phi) is 6.35. The fourth-order valence-electron chi connectivity index (χ4n) is 2.79. The number of aryl methyl sites for hydroxylation is 1. The quantitative estimate of drug-likeness (QED) is 0.540. The largest absolute Gasteiger partial charge is 0.486 e. The minimum atomic E-state index is -0.470. The van der Waals surface area contributed by atoms with E-state index in [-0.39, 0.29) is 18.5 Å². The van der Waals surface area contributed by atoms with Gasteiger partial charge in [0, 0.05) is 19.6 Å². The number of carbonyl (C=O) groups is 2. The van der Waals surface area contributed by atoms with Crippen molar-refractivity contribution in [3.05, 3.63) is 48.3 Å². The number of nitrogens with one attached hydrogen (secondary N) is 1. The lowest BCUT2D eigenvalue weighted by Crippen LogP contribution is -2.39. The molecule has 1 N–H and O–H groups in total. The first kappa shape index (κ1) is 19.9. The van der Waals surface area contributed by atoms with Gasteiger partial charge in [-0.2, -0.15) is 0 Å². The Morgan fingerprint density at radius 1 is 1.46 bits per heavy atom. The third-order valence-corrected chi connectivity index (χ3v) is 5.28. The first-order valence-corrected chi connectivity index (χ1v) is 9.86. The molecular weight excluding hydrogens is 378 g/mol. The van der Waals surface area contributed by atoms with E-state index in [1.165, 1.54) is 16.7 Å². The average Bonchev–Trinajstić information content (AvgIpc) is 3.26. The van der Waals surface area contributed by atoms with Crippen LogP contribution in [0.2, 0.25) is 0 Å². The van der Waals surface area contributed by atoms with Crippen LogP contribution in [0, 0.1) is 6.92 Å². The smallest absolute Gasteiger partial charge is 0.324 e. The Bertz CT molecular complexity index is 882. The van der Waals surface area contributed by atoms with Crippen molar-refractivity contribution in [3.8, 4) is 5.75 Å². The molecule has 1 aliphatic heterocycles. The molecule has 148 valence electrons. The Morgan fingerprint density at radius 3 is 2.96 bits per heavy atom. The average molecular weight is 401 g/mol. The van der Waals surface area contributed by atoms with E-state index in [9.17, 15) is 9.59 Å². The molecule has 1 unspecified atom stereocenters. The second-order valence-corrected chi connectivity index (χ2v) is 7.69. The molecule has 1 aromatic heterocycles. The van der Waals surface area contributed by atoms with E-state index in [0.29, 0.717) is 30.6 Å². The predicted molar refractivity (Wildman–Crippen MR) is 106 cm³/mol. The van der Waals surface area contributed by atoms with Gasteiger partial charge in [-0.05, 0) is 31.5 Å². The molecule has 0 aliphatic carbocycles. The summed E-state index contributed by atoms with van der Waals surface area (Å²) < 4.78 is 7.69. The fraction of sp³-hybridized carbons (Fsp3) is 0.368. The molecule has 1 aromatic carbocycles. The lowest BCUT2D eigenvalue weighted by molar-refractivity contribution is -0.126. The van der Waals surface area contributed by atoms with Crippen LogP contribution in [0.1, 0.15) is 18.3 Å². The molecular formula is C19H23N5O3S. The van der Waals surface area contributed by atoms with Crippen LogP contribution >= 0.6 is 11.8 Å². The molecule has 1 fully saturated rings. The highest BCUT2D eigenvalue weighted by molar-refractivity contribution is 8.00. The van der Waals surface area contributed by atoms with E-state index in [1.807, 2.05) is 35.8 Å². The summed E-state index contributed by atoms with van der Waals surface area (Å²) >= 11 is 1.27. The molecule has 9 heteroatoms. The summed E-state index contributed by atoms with van der Waals surface area (Å²) in [5.74, 6) is 1.15. The van der Waals surface area contributed by atoms with E-state index in [0.717, 1.165) is 11.3 Å². The van der Waals surface area contributed by atoms with Gasteiger partial charge >= 0.3 is 6.03 Å². The van der Waals surface area contributed by atoms with Gasteiger partial charge in [-0.25, -0.2) is 4.79 Å². The number of amides is 3. The number of ether oxygens (including phenoxy) is 1. The number of aromatic nitrogens is 3. The van der Waals surface area contributed by atoms with Crippen molar-refractivity contribution in [2.45, 2.75) is 37.4 Å². The second-order valence-electron chi connectivity index (χ2n) is 6.39. The number of benzene rings is 1. The zero-order valence-electron chi connectivity index (χ0n) is 15.9. The molecule has 1 aliphatic rings. The zero-order valence-corrected chi connectivity index (χ0v) is 16.7. The fourth-order valence-corrected chi connectivity index (χ4v) is 3.73. The van der Waals surface area contributed by atoms with Crippen molar-refractivity contribution in [3.63, 3.8) is 0 Å². The first-order chi connectivity index (χ1) is 13.5. The highest BCUT2D eigenvalue weighted by atomic mass is 32.2. The Hall–Kier alpha value is -2.81. The molecule has 3 amide bonds. The molecule has 3 rings (SSSR count). The lowest BCUT2D eigenvalue weighted by atomic mass is 10.2. The molecule has 2 heterocycles. The van der Waals surface area contributed by atoms with Crippen molar-refractivity contribution in [1.82, 2.24) is 25.0 Å². The van der Waals surface area contributed by atoms with E-state index >= 15 is 0 Å². The monoisotopic (exact) mass is 401 g/mol. The molecule has 28 heavy (non-hydrogen) atoms. The summed E-state index contributed by atoms with van der Waals surface area (Å²) in [6, 6.07) is 7.42. The van der Waals surface area contributed by atoms with Gasteiger partial charge in [-0.1, -0.05) is 30.0 Å². The summed E-state index contributed by atoms with van der Waals surface area (Å²) in [7, 11) is 0. The third-order valence-electron chi connectivity index (χ3n) is 4.22. The number of allylic oxidation sites excluding steroid dienone is 1. The number of carbonyl (C=O) groups excluding carboxylic acids is 2. The zero-order chi connectivity index (χ0) is 20.1. The van der Waals surface area contributed by atoms with Crippen molar-refractivity contribution in [2.75, 3.05) is 13.1 Å². The Balaban J connectivity index is 1.70. The molecule has 0 bridgehead atoms. The number of thioether (sulfide) groups is 1. The van der Waals surface area contributed by atoms with Crippen LogP contribution < -0.4 is 10.1 Å². The summed E-state index contributed by atoms with van der Waals surface area (Å²) in [6.07, 6.45) is 1.74. The van der Waals surface area contributed by atoms with Gasteiger partial charge in [-0.15, -0.1) is 16.8 Å². The summed E-state index contributed by atoms with van der Waals surface area (Å²) in [4.78, 5) is 25.5. The minimum absolute atomic E-state index is 0.245. The maximum absolute atomic E-state index is 12.5. The van der Waals surface area contributed by atoms with Gasteiger partial charge in [0.15, 0.2) is 11.0 Å². The SMILES string of the molecule is C=CCn1c(COc2cccc(C)c2)nnc1SC(C)C(=O)N1CCNC1=O. The van der Waals surface area contributed by atoms with E-state index < -0.39 is 5.25 Å². The van der Waals surface area contributed by atoms with Crippen molar-refractivity contribution in [1.29, 1.82) is 0 Å². The predicted octanol–water partition coefficient (Wildman–Crippen LogP) is 2.38. The number of hydrogen-bond donors (Lipinski definition) is 1. The molecule has 1 atom stereocenters. The highest BCUT2D eigenvalue weighted by Crippen LogP contribution is 2.25. The summed E-state index contributed by atoms with van der Waals surface area (Å²) in [6.45, 7) is 9.15. The van der Waals surface area contributed by atoms with Crippen LogP contribution in [0.5, 0.6) is 5.75 Å². The molecule has 0 spiro atoms. The maximum Gasteiger partial charge on any atom is 0.324 e. The Morgan fingerprint density at radius 2 is 2.29 bits per heavy atom. The first-order valence-electron chi connectivity index (χ1n) is 8.98. The van der Waals surface area contributed by atoms with Crippen LogP contribution in [0.4, 0.5) is 4.79 Å². The van der Waals surface area contributed by atoms with Crippen molar-refractivity contribution >= 4 is 23.7 Å². The number of imide groups is 1. The van der Waals surface area contributed by atoms with Gasteiger partial charge in [-0.3, -0.25) is 14.3 Å². The van der Waals surface area contributed by atoms with Crippen LogP contribution in [0.25, 0.3) is 0 Å².